The van der Waals surface area contributed by atoms with Crippen molar-refractivity contribution >= 4 is 29.1 Å². The number of halogens is 2. The van der Waals surface area contributed by atoms with Crippen molar-refractivity contribution in [3.8, 4) is 11.9 Å². The average molecular weight is 508 g/mol. The van der Waals surface area contributed by atoms with Crippen LogP contribution in [0.15, 0.2) is 48.9 Å². The largest absolute Gasteiger partial charge is 0.474 e. The maximum atomic E-state index is 13.4. The molecule has 9 heteroatoms. The number of nitriles is 1. The van der Waals surface area contributed by atoms with Crippen molar-refractivity contribution in [3.05, 3.63) is 81.5 Å². The smallest absolute Gasteiger partial charge is 0.257 e. The molecule has 5 rings (SSSR count). The molecule has 1 aliphatic heterocycles. The van der Waals surface area contributed by atoms with E-state index in [1.807, 2.05) is 24.0 Å². The van der Waals surface area contributed by atoms with Crippen LogP contribution in [0, 0.1) is 17.2 Å². The molecule has 1 saturated carbocycles. The molecule has 1 aliphatic carbocycles. The molecule has 2 aromatic heterocycles. The van der Waals surface area contributed by atoms with Crippen LogP contribution in [0.1, 0.15) is 58.9 Å². The number of ether oxygens (including phenoxy) is 1. The molecule has 0 N–H and O–H groups in total. The van der Waals surface area contributed by atoms with Gasteiger partial charge in [0.05, 0.1) is 21.2 Å². The van der Waals surface area contributed by atoms with Gasteiger partial charge < -0.3 is 9.64 Å². The van der Waals surface area contributed by atoms with Crippen LogP contribution in [0.4, 0.5) is 0 Å². The normalized spacial score (nSPS) is 20.3. The fourth-order valence-electron chi connectivity index (χ4n) is 4.54. The van der Waals surface area contributed by atoms with Gasteiger partial charge in [-0.3, -0.25) is 4.79 Å². The minimum absolute atomic E-state index is 0.0197. The summed E-state index contributed by atoms with van der Waals surface area (Å²) in [6.45, 7) is 2.96. The van der Waals surface area contributed by atoms with Crippen LogP contribution in [0.2, 0.25) is 10.0 Å². The van der Waals surface area contributed by atoms with E-state index in [-0.39, 0.29) is 23.8 Å². The molecular formula is C26H23Cl2N5O2. The molecule has 2 fully saturated rings. The Hall–Kier alpha value is -3.21. The SMILES string of the molecule is C[C@H](Oc1ccc(C#N)cn1)C1CN(C(=O)c2cnc(C3CC3)nc2)C[C@@H]1c1ccc(Cl)c(Cl)c1. The first-order chi connectivity index (χ1) is 16.9. The molecular weight excluding hydrogens is 485 g/mol. The van der Waals surface area contributed by atoms with Crippen molar-refractivity contribution in [1.82, 2.24) is 19.9 Å². The van der Waals surface area contributed by atoms with Crippen molar-refractivity contribution in [2.45, 2.75) is 37.7 Å². The van der Waals surface area contributed by atoms with Crippen LogP contribution >= 0.6 is 23.2 Å². The maximum Gasteiger partial charge on any atom is 0.257 e. The summed E-state index contributed by atoms with van der Waals surface area (Å²) in [7, 11) is 0. The van der Waals surface area contributed by atoms with Crippen molar-refractivity contribution < 1.29 is 9.53 Å². The number of carbonyl (C=O) groups excluding carboxylic acids is 1. The van der Waals surface area contributed by atoms with Gasteiger partial charge in [0, 0.05) is 55.5 Å². The van der Waals surface area contributed by atoms with Crippen LogP contribution in [0.25, 0.3) is 0 Å². The molecule has 3 aromatic rings. The van der Waals surface area contributed by atoms with Crippen LogP contribution in [0.3, 0.4) is 0 Å². The van der Waals surface area contributed by atoms with E-state index in [4.69, 9.17) is 33.2 Å². The molecule has 1 amide bonds. The first kappa shape index (κ1) is 23.5. The lowest BCUT2D eigenvalue weighted by atomic mass is 9.86. The standard InChI is InChI=1S/C26H23Cl2N5O2/c1-15(35-24-7-2-16(9-29)10-30-24)20-13-33(14-21(20)18-5-6-22(27)23(28)8-18)26(34)19-11-31-25(32-12-19)17-3-4-17/h2,5-8,10-12,15,17,20-21H,3-4,13-14H2,1H3/t15-,20?,21+/m0/s1. The van der Waals surface area contributed by atoms with E-state index in [0.717, 1.165) is 24.2 Å². The number of carbonyl (C=O) groups is 1. The molecule has 0 radical (unpaired) electrons. The van der Waals surface area contributed by atoms with E-state index in [2.05, 4.69) is 21.0 Å². The number of hydrogen-bond donors (Lipinski definition) is 0. The Labute approximate surface area is 213 Å². The van der Waals surface area contributed by atoms with Gasteiger partial charge >= 0.3 is 0 Å². The molecule has 3 heterocycles. The minimum atomic E-state index is -0.263. The first-order valence-electron chi connectivity index (χ1n) is 11.5. The molecule has 2 aliphatic rings. The van der Waals surface area contributed by atoms with Crippen LogP contribution < -0.4 is 4.74 Å². The third-order valence-electron chi connectivity index (χ3n) is 6.66. The summed E-state index contributed by atoms with van der Waals surface area (Å²) in [5.74, 6) is 1.52. The van der Waals surface area contributed by atoms with E-state index in [0.29, 0.717) is 46.1 Å². The number of amides is 1. The quantitative estimate of drug-likeness (QED) is 0.452. The lowest BCUT2D eigenvalue weighted by Crippen LogP contribution is -2.32. The zero-order valence-electron chi connectivity index (χ0n) is 19.1. The van der Waals surface area contributed by atoms with E-state index >= 15 is 0 Å². The first-order valence-corrected chi connectivity index (χ1v) is 12.3. The highest BCUT2D eigenvalue weighted by molar-refractivity contribution is 6.42. The van der Waals surface area contributed by atoms with Gasteiger partial charge in [0.1, 0.15) is 18.0 Å². The summed E-state index contributed by atoms with van der Waals surface area (Å²) in [6.07, 6.45) is 6.70. The predicted octanol–water partition coefficient (Wildman–Crippen LogP) is 5.25. The summed E-state index contributed by atoms with van der Waals surface area (Å²) in [5.41, 5.74) is 1.93. The predicted molar refractivity (Wildman–Crippen MR) is 132 cm³/mol. The van der Waals surface area contributed by atoms with Crippen molar-refractivity contribution in [3.63, 3.8) is 0 Å². The molecule has 178 valence electrons. The molecule has 35 heavy (non-hydrogen) atoms. The van der Waals surface area contributed by atoms with E-state index < -0.39 is 0 Å². The van der Waals surface area contributed by atoms with Gasteiger partial charge in [0.15, 0.2) is 0 Å². The van der Waals surface area contributed by atoms with E-state index in [1.54, 1.807) is 30.6 Å². The lowest BCUT2D eigenvalue weighted by Gasteiger charge is -2.25. The summed E-state index contributed by atoms with van der Waals surface area (Å²) in [6, 6.07) is 11.0. The fourth-order valence-corrected chi connectivity index (χ4v) is 4.85. The fraction of sp³-hybridized carbons (Fsp3) is 0.346. The third kappa shape index (κ3) is 5.09. The average Bonchev–Trinajstić information content (AvgIpc) is 3.63. The Balaban J connectivity index is 1.38. The third-order valence-corrected chi connectivity index (χ3v) is 7.40. The number of pyridine rings is 1. The molecule has 1 saturated heterocycles. The number of nitrogens with zero attached hydrogens (tertiary/aromatic N) is 5. The van der Waals surface area contributed by atoms with Crippen LogP contribution in [-0.4, -0.2) is 45.0 Å². The van der Waals surface area contributed by atoms with Gasteiger partial charge in [0.25, 0.3) is 5.91 Å². The molecule has 7 nitrogen and oxygen atoms in total. The van der Waals surface area contributed by atoms with Gasteiger partial charge in [-0.15, -0.1) is 0 Å². The molecule has 0 bridgehead atoms. The number of rotatable bonds is 6. The van der Waals surface area contributed by atoms with Gasteiger partial charge in [-0.05, 0) is 43.5 Å². The number of aromatic nitrogens is 3. The number of benzene rings is 1. The summed E-state index contributed by atoms with van der Waals surface area (Å²) in [5, 5.41) is 9.96. The Kier molecular flexibility index (Phi) is 6.59. The zero-order chi connectivity index (χ0) is 24.5. The summed E-state index contributed by atoms with van der Waals surface area (Å²) < 4.78 is 6.14. The minimum Gasteiger partial charge on any atom is -0.474 e. The summed E-state index contributed by atoms with van der Waals surface area (Å²) in [4.78, 5) is 28.2. The molecule has 0 spiro atoms. The zero-order valence-corrected chi connectivity index (χ0v) is 20.6. The van der Waals surface area contributed by atoms with E-state index in [9.17, 15) is 4.79 Å². The van der Waals surface area contributed by atoms with Gasteiger partial charge in [-0.2, -0.15) is 5.26 Å². The Morgan fingerprint density at radius 1 is 1.09 bits per heavy atom. The highest BCUT2D eigenvalue weighted by Crippen LogP contribution is 2.39. The Morgan fingerprint density at radius 3 is 2.49 bits per heavy atom. The van der Waals surface area contributed by atoms with Crippen LogP contribution in [0.5, 0.6) is 5.88 Å². The second-order valence-electron chi connectivity index (χ2n) is 9.08. The molecule has 1 aromatic carbocycles. The highest BCUT2D eigenvalue weighted by Gasteiger charge is 2.41. The van der Waals surface area contributed by atoms with Gasteiger partial charge in [-0.25, -0.2) is 15.0 Å². The molecule has 1 unspecified atom stereocenters. The number of likely N-dealkylation sites (tertiary alicyclic amines) is 1. The van der Waals surface area contributed by atoms with Gasteiger partial charge in [-0.1, -0.05) is 29.3 Å². The Morgan fingerprint density at radius 2 is 1.86 bits per heavy atom. The van der Waals surface area contributed by atoms with Crippen LogP contribution in [-0.2, 0) is 0 Å². The topological polar surface area (TPSA) is 92.0 Å². The van der Waals surface area contributed by atoms with Crippen molar-refractivity contribution in [1.29, 1.82) is 5.26 Å². The van der Waals surface area contributed by atoms with Gasteiger partial charge in [0.2, 0.25) is 5.88 Å². The molecule has 3 atom stereocenters. The monoisotopic (exact) mass is 507 g/mol. The Bertz CT molecular complexity index is 1270. The van der Waals surface area contributed by atoms with E-state index in [1.165, 1.54) is 6.20 Å². The highest BCUT2D eigenvalue weighted by atomic mass is 35.5. The maximum absolute atomic E-state index is 13.4. The second-order valence-corrected chi connectivity index (χ2v) is 9.89. The van der Waals surface area contributed by atoms with Crippen molar-refractivity contribution in [2.24, 2.45) is 5.92 Å². The second kappa shape index (κ2) is 9.80. The lowest BCUT2D eigenvalue weighted by molar-refractivity contribution is 0.0768. The summed E-state index contributed by atoms with van der Waals surface area (Å²) >= 11 is 12.5. The van der Waals surface area contributed by atoms with Crippen molar-refractivity contribution in [2.75, 3.05) is 13.1 Å². The number of hydrogen-bond acceptors (Lipinski definition) is 6.